The summed E-state index contributed by atoms with van der Waals surface area (Å²) in [6.07, 6.45) is 2.73. The third-order valence-electron chi connectivity index (χ3n) is 4.82. The van der Waals surface area contributed by atoms with Gasteiger partial charge in [-0.3, -0.25) is 4.79 Å². The second kappa shape index (κ2) is 7.78. The highest BCUT2D eigenvalue weighted by Gasteiger charge is 2.28. The number of halogens is 1. The molecule has 0 unspecified atom stereocenters. The number of sulfonamides is 1. The van der Waals surface area contributed by atoms with E-state index in [0.717, 1.165) is 19.3 Å². The molecule has 0 aliphatic carbocycles. The van der Waals surface area contributed by atoms with Crippen LogP contribution >= 0.6 is 0 Å². The van der Waals surface area contributed by atoms with Crippen molar-refractivity contribution in [1.29, 1.82) is 0 Å². The van der Waals surface area contributed by atoms with E-state index >= 15 is 0 Å². The molecule has 0 radical (unpaired) electrons. The van der Waals surface area contributed by atoms with Crippen molar-refractivity contribution >= 4 is 21.6 Å². The molecule has 3 rings (SSSR count). The summed E-state index contributed by atoms with van der Waals surface area (Å²) in [4.78, 5) is 12.8. The van der Waals surface area contributed by atoms with Gasteiger partial charge in [-0.1, -0.05) is 12.5 Å². The van der Waals surface area contributed by atoms with Gasteiger partial charge in [-0.2, -0.15) is 4.31 Å². The molecule has 0 bridgehead atoms. The number of benzene rings is 2. The Morgan fingerprint density at radius 1 is 1.00 bits per heavy atom. The molecule has 5 nitrogen and oxygen atoms in total. The van der Waals surface area contributed by atoms with Crippen LogP contribution in [0.15, 0.2) is 41.3 Å². The minimum atomic E-state index is -3.63. The monoisotopic (exact) mass is 390 g/mol. The predicted octanol–water partition coefficient (Wildman–Crippen LogP) is 3.87. The van der Waals surface area contributed by atoms with Crippen molar-refractivity contribution in [2.24, 2.45) is 0 Å². The van der Waals surface area contributed by atoms with Crippen LogP contribution in [-0.2, 0) is 10.0 Å². The molecule has 27 heavy (non-hydrogen) atoms. The standard InChI is InChI=1S/C20H23FN2O3S/c1-14-6-7-16(20(24)22-18-9-8-17(21)12-15(18)2)13-19(14)27(25,26)23-10-4-3-5-11-23/h6-9,12-13H,3-5,10-11H2,1-2H3,(H,22,24). The smallest absolute Gasteiger partial charge is 0.255 e. The molecule has 144 valence electrons. The molecule has 0 saturated carbocycles. The summed E-state index contributed by atoms with van der Waals surface area (Å²) in [5, 5.41) is 2.72. The number of carbonyl (C=O) groups is 1. The Kier molecular flexibility index (Phi) is 5.62. The molecule has 7 heteroatoms. The maximum absolute atomic E-state index is 13.2. The van der Waals surface area contributed by atoms with Gasteiger partial charge in [0.05, 0.1) is 4.90 Å². The van der Waals surface area contributed by atoms with Crippen LogP contribution in [-0.4, -0.2) is 31.7 Å². The summed E-state index contributed by atoms with van der Waals surface area (Å²) < 4.78 is 40.7. The average Bonchev–Trinajstić information content (AvgIpc) is 2.65. The Balaban J connectivity index is 1.89. The van der Waals surface area contributed by atoms with Crippen LogP contribution in [0.5, 0.6) is 0 Å². The lowest BCUT2D eigenvalue weighted by molar-refractivity contribution is 0.102. The van der Waals surface area contributed by atoms with E-state index in [9.17, 15) is 17.6 Å². The van der Waals surface area contributed by atoms with E-state index in [1.54, 1.807) is 26.0 Å². The van der Waals surface area contributed by atoms with Gasteiger partial charge in [0.1, 0.15) is 5.82 Å². The van der Waals surface area contributed by atoms with Gasteiger partial charge >= 0.3 is 0 Å². The van der Waals surface area contributed by atoms with E-state index < -0.39 is 15.9 Å². The maximum Gasteiger partial charge on any atom is 0.255 e. The normalized spacial score (nSPS) is 15.5. The molecule has 2 aromatic carbocycles. The maximum atomic E-state index is 13.2. The summed E-state index contributed by atoms with van der Waals surface area (Å²) in [5.74, 6) is -0.810. The molecule has 1 aliphatic heterocycles. The van der Waals surface area contributed by atoms with Crippen molar-refractivity contribution in [1.82, 2.24) is 4.31 Å². The summed E-state index contributed by atoms with van der Waals surface area (Å²) in [6, 6.07) is 8.75. The van der Waals surface area contributed by atoms with Crippen molar-refractivity contribution in [3.05, 3.63) is 58.9 Å². The van der Waals surface area contributed by atoms with E-state index in [0.29, 0.717) is 29.9 Å². The number of hydrogen-bond donors (Lipinski definition) is 1. The quantitative estimate of drug-likeness (QED) is 0.862. The predicted molar refractivity (Wildman–Crippen MR) is 103 cm³/mol. The van der Waals surface area contributed by atoms with E-state index in [2.05, 4.69) is 5.32 Å². The Bertz CT molecular complexity index is 967. The molecular formula is C20H23FN2O3S. The number of anilines is 1. The summed E-state index contributed by atoms with van der Waals surface area (Å²) >= 11 is 0. The number of carbonyl (C=O) groups excluding carboxylic acids is 1. The molecule has 1 aliphatic rings. The van der Waals surface area contributed by atoms with Crippen LogP contribution in [0.2, 0.25) is 0 Å². The molecule has 1 N–H and O–H groups in total. The van der Waals surface area contributed by atoms with E-state index in [-0.39, 0.29) is 16.3 Å². The van der Waals surface area contributed by atoms with Gasteiger partial charge in [0, 0.05) is 24.3 Å². The molecule has 1 fully saturated rings. The molecule has 1 saturated heterocycles. The highest BCUT2D eigenvalue weighted by molar-refractivity contribution is 7.89. The number of nitrogens with zero attached hydrogens (tertiary/aromatic N) is 1. The minimum absolute atomic E-state index is 0.160. The van der Waals surface area contributed by atoms with Crippen LogP contribution in [0.3, 0.4) is 0 Å². The second-order valence-corrected chi connectivity index (χ2v) is 8.76. The molecule has 1 heterocycles. The van der Waals surface area contributed by atoms with Gasteiger partial charge in [-0.05, 0) is 68.1 Å². The van der Waals surface area contributed by atoms with Crippen LogP contribution < -0.4 is 5.32 Å². The molecule has 0 atom stereocenters. The van der Waals surface area contributed by atoms with Crippen molar-refractivity contribution in [2.45, 2.75) is 38.0 Å². The minimum Gasteiger partial charge on any atom is -0.322 e. The zero-order valence-corrected chi connectivity index (χ0v) is 16.3. The SMILES string of the molecule is Cc1cc(F)ccc1NC(=O)c1ccc(C)c(S(=O)(=O)N2CCCCC2)c1. The molecule has 1 amide bonds. The summed E-state index contributed by atoms with van der Waals surface area (Å²) in [5.41, 5.74) is 1.94. The van der Waals surface area contributed by atoms with Crippen molar-refractivity contribution in [3.8, 4) is 0 Å². The first kappa shape index (κ1) is 19.5. The largest absolute Gasteiger partial charge is 0.322 e. The lowest BCUT2D eigenvalue weighted by Gasteiger charge is -2.26. The first-order valence-corrected chi connectivity index (χ1v) is 10.4. The zero-order valence-electron chi connectivity index (χ0n) is 15.5. The third kappa shape index (κ3) is 4.20. The van der Waals surface area contributed by atoms with Crippen LogP contribution in [0.4, 0.5) is 10.1 Å². The number of piperidine rings is 1. The van der Waals surface area contributed by atoms with Crippen LogP contribution in [0, 0.1) is 19.7 Å². The number of rotatable bonds is 4. The highest BCUT2D eigenvalue weighted by atomic mass is 32.2. The van der Waals surface area contributed by atoms with Crippen molar-refractivity contribution < 1.29 is 17.6 Å². The van der Waals surface area contributed by atoms with E-state index in [1.807, 2.05) is 0 Å². The Morgan fingerprint density at radius 3 is 2.37 bits per heavy atom. The average molecular weight is 390 g/mol. The van der Waals surface area contributed by atoms with E-state index in [4.69, 9.17) is 0 Å². The zero-order chi connectivity index (χ0) is 19.6. The lowest BCUT2D eigenvalue weighted by Crippen LogP contribution is -2.36. The van der Waals surface area contributed by atoms with Gasteiger partial charge in [0.15, 0.2) is 0 Å². The van der Waals surface area contributed by atoms with Gasteiger partial charge < -0.3 is 5.32 Å². The van der Waals surface area contributed by atoms with Gasteiger partial charge in [-0.15, -0.1) is 0 Å². The third-order valence-corrected chi connectivity index (χ3v) is 6.86. The van der Waals surface area contributed by atoms with Crippen molar-refractivity contribution in [3.63, 3.8) is 0 Å². The molecule has 0 spiro atoms. The lowest BCUT2D eigenvalue weighted by atomic mass is 10.1. The van der Waals surface area contributed by atoms with Crippen LogP contribution in [0.1, 0.15) is 40.7 Å². The first-order chi connectivity index (χ1) is 12.8. The van der Waals surface area contributed by atoms with Gasteiger partial charge in [0.25, 0.3) is 5.91 Å². The second-order valence-electron chi connectivity index (χ2n) is 6.86. The van der Waals surface area contributed by atoms with Gasteiger partial charge in [-0.25, -0.2) is 12.8 Å². The van der Waals surface area contributed by atoms with Gasteiger partial charge in [0.2, 0.25) is 10.0 Å². The summed E-state index contributed by atoms with van der Waals surface area (Å²) in [6.45, 7) is 4.43. The number of hydrogen-bond acceptors (Lipinski definition) is 3. The van der Waals surface area contributed by atoms with E-state index in [1.165, 1.54) is 28.6 Å². The molecule has 0 aromatic heterocycles. The Hall–Kier alpha value is -2.25. The summed E-state index contributed by atoms with van der Waals surface area (Å²) in [7, 11) is -3.63. The first-order valence-electron chi connectivity index (χ1n) is 8.97. The fourth-order valence-electron chi connectivity index (χ4n) is 3.23. The van der Waals surface area contributed by atoms with Crippen LogP contribution in [0.25, 0.3) is 0 Å². The van der Waals surface area contributed by atoms with Crippen molar-refractivity contribution in [2.75, 3.05) is 18.4 Å². The highest BCUT2D eigenvalue weighted by Crippen LogP contribution is 2.25. The molecule has 2 aromatic rings. The Labute approximate surface area is 159 Å². The fraction of sp³-hybridized carbons (Fsp3) is 0.350. The Morgan fingerprint density at radius 2 is 1.70 bits per heavy atom. The fourth-order valence-corrected chi connectivity index (χ4v) is 4.99. The number of nitrogens with one attached hydrogen (secondary N) is 1. The topological polar surface area (TPSA) is 66.5 Å². The number of amides is 1. The number of aryl methyl sites for hydroxylation is 2. The molecular weight excluding hydrogens is 367 g/mol.